The molecule has 0 N–H and O–H groups in total. The van der Waals surface area contributed by atoms with E-state index in [4.69, 9.17) is 9.98 Å². The number of aromatic nitrogens is 2. The number of rotatable bonds is 3. The smallest absolute Gasteiger partial charge is 0.110 e. The molecule has 0 saturated carbocycles. The molecule has 26 heavy (non-hydrogen) atoms. The Hall–Kier alpha value is -2.94. The maximum Gasteiger partial charge on any atom is 0.110 e. The molecule has 1 atom stereocenters. The zero-order chi connectivity index (χ0) is 17.5. The first kappa shape index (κ1) is 15.3. The van der Waals surface area contributed by atoms with Crippen molar-refractivity contribution >= 4 is 27.5 Å². The second-order valence-electron chi connectivity index (χ2n) is 7.04. The maximum absolute atomic E-state index is 4.97. The molecule has 1 unspecified atom stereocenters. The highest BCUT2D eigenvalue weighted by atomic mass is 15.1. The molecular weight excluding hydrogens is 318 g/mol. The molecule has 0 fully saturated rings. The van der Waals surface area contributed by atoms with Gasteiger partial charge in [-0.1, -0.05) is 54.6 Å². The number of benzene rings is 2. The summed E-state index contributed by atoms with van der Waals surface area (Å²) < 4.78 is 2.23. The monoisotopic (exact) mass is 339 g/mol. The van der Waals surface area contributed by atoms with Crippen LogP contribution in [0.15, 0.2) is 77.3 Å². The largest absolute Gasteiger partial charge is 0.331 e. The summed E-state index contributed by atoms with van der Waals surface area (Å²) in [4.78, 5) is 9.89. The van der Waals surface area contributed by atoms with Gasteiger partial charge >= 0.3 is 0 Å². The molecule has 0 amide bonds. The lowest BCUT2D eigenvalue weighted by atomic mass is 9.95. The fourth-order valence-electron chi connectivity index (χ4n) is 3.95. The zero-order valence-electron chi connectivity index (χ0n) is 14.9. The van der Waals surface area contributed by atoms with Gasteiger partial charge in [0.05, 0.1) is 17.1 Å². The lowest BCUT2D eigenvalue weighted by molar-refractivity contribution is 0.771. The molecule has 3 aromatic rings. The zero-order valence-corrected chi connectivity index (χ0v) is 14.9. The molecule has 2 heterocycles. The van der Waals surface area contributed by atoms with E-state index >= 15 is 0 Å². The Balaban J connectivity index is 1.43. The van der Waals surface area contributed by atoms with Crippen molar-refractivity contribution in [1.29, 1.82) is 0 Å². The summed E-state index contributed by atoms with van der Waals surface area (Å²) in [6.45, 7) is 0. The molecule has 128 valence electrons. The second kappa shape index (κ2) is 6.10. The van der Waals surface area contributed by atoms with Crippen molar-refractivity contribution in [1.82, 2.24) is 9.55 Å². The van der Waals surface area contributed by atoms with E-state index in [0.29, 0.717) is 6.04 Å². The van der Waals surface area contributed by atoms with Crippen molar-refractivity contribution in [3.8, 4) is 0 Å². The van der Waals surface area contributed by atoms with Gasteiger partial charge in [-0.05, 0) is 35.9 Å². The quantitative estimate of drug-likeness (QED) is 0.666. The molecule has 0 spiro atoms. The van der Waals surface area contributed by atoms with Crippen LogP contribution in [0, 0.1) is 0 Å². The summed E-state index contributed by atoms with van der Waals surface area (Å²) in [6, 6.07) is 13.1. The highest BCUT2D eigenvalue weighted by Gasteiger charge is 2.17. The molecule has 5 rings (SSSR count). The fraction of sp³-hybridized carbons (Fsp3) is 0.217. The van der Waals surface area contributed by atoms with E-state index in [1.54, 1.807) is 0 Å². The predicted molar refractivity (Wildman–Crippen MR) is 109 cm³/mol. The van der Waals surface area contributed by atoms with Gasteiger partial charge in [0.25, 0.3) is 0 Å². The Morgan fingerprint density at radius 1 is 1.08 bits per heavy atom. The molecule has 2 aliphatic rings. The molecule has 3 heteroatoms. The van der Waals surface area contributed by atoms with Crippen LogP contribution in [-0.2, 0) is 13.5 Å². The third-order valence-corrected chi connectivity index (χ3v) is 5.43. The van der Waals surface area contributed by atoms with E-state index in [1.165, 1.54) is 27.6 Å². The lowest BCUT2D eigenvalue weighted by Crippen LogP contribution is -2.16. The van der Waals surface area contributed by atoms with E-state index in [-0.39, 0.29) is 0 Å². The van der Waals surface area contributed by atoms with Crippen LogP contribution in [0.2, 0.25) is 0 Å². The van der Waals surface area contributed by atoms with Crippen molar-refractivity contribution in [2.75, 3.05) is 0 Å². The average Bonchev–Trinajstić information content (AvgIpc) is 3.02. The number of hydrogen-bond acceptors (Lipinski definition) is 2. The van der Waals surface area contributed by atoms with Crippen molar-refractivity contribution in [2.45, 2.75) is 25.3 Å². The van der Waals surface area contributed by atoms with Crippen LogP contribution < -0.4 is 0 Å². The summed E-state index contributed by atoms with van der Waals surface area (Å²) in [6.07, 6.45) is 13.7. The number of hydrogen-bond donors (Lipinski definition) is 0. The Morgan fingerprint density at radius 3 is 2.96 bits per heavy atom. The van der Waals surface area contributed by atoms with Crippen molar-refractivity contribution in [3.63, 3.8) is 0 Å². The van der Waals surface area contributed by atoms with Gasteiger partial charge in [0.2, 0.25) is 0 Å². The fourth-order valence-corrected chi connectivity index (χ4v) is 3.95. The van der Waals surface area contributed by atoms with Gasteiger partial charge < -0.3 is 4.57 Å². The maximum atomic E-state index is 4.97. The van der Waals surface area contributed by atoms with Crippen LogP contribution in [0.4, 0.5) is 0 Å². The molecular formula is C23H21N3. The number of dihydropyridines is 1. The number of fused-ring (bicyclic) bond motifs is 4. The first-order valence-corrected chi connectivity index (χ1v) is 9.24. The number of aliphatic imine (C=N–C) groups is 1. The molecule has 1 aliphatic heterocycles. The third-order valence-electron chi connectivity index (χ3n) is 5.43. The summed E-state index contributed by atoms with van der Waals surface area (Å²) in [7, 11) is 2.12. The van der Waals surface area contributed by atoms with Crippen LogP contribution in [0.1, 0.15) is 18.7 Å². The molecule has 1 aromatic heterocycles. The molecule has 0 saturated heterocycles. The third kappa shape index (κ3) is 2.51. The van der Waals surface area contributed by atoms with Gasteiger partial charge in [-0.3, -0.25) is 4.99 Å². The van der Waals surface area contributed by atoms with E-state index in [1.807, 2.05) is 0 Å². The number of imidazole rings is 1. The van der Waals surface area contributed by atoms with E-state index < -0.39 is 0 Å². The highest BCUT2D eigenvalue weighted by molar-refractivity contribution is 6.04. The SMILES string of the molecule is Cn1c(CCC2=NC3CC=CC=C3C=C2)nc2c3ccccc3ccc21. The lowest BCUT2D eigenvalue weighted by Gasteiger charge is -2.20. The average molecular weight is 339 g/mol. The molecule has 1 aliphatic carbocycles. The molecule has 2 aromatic carbocycles. The normalized spacial score (nSPS) is 18.9. The first-order valence-electron chi connectivity index (χ1n) is 9.24. The van der Waals surface area contributed by atoms with Gasteiger partial charge in [0.15, 0.2) is 0 Å². The Bertz CT molecular complexity index is 1130. The minimum Gasteiger partial charge on any atom is -0.331 e. The number of nitrogens with zero attached hydrogens (tertiary/aromatic N) is 3. The van der Waals surface area contributed by atoms with E-state index in [0.717, 1.165) is 30.6 Å². The summed E-state index contributed by atoms with van der Waals surface area (Å²) in [5.41, 5.74) is 4.80. The minimum atomic E-state index is 0.310. The number of allylic oxidation sites excluding steroid dienone is 3. The van der Waals surface area contributed by atoms with E-state index in [9.17, 15) is 0 Å². The number of aryl methyl sites for hydroxylation is 2. The first-order chi connectivity index (χ1) is 12.8. The molecule has 3 nitrogen and oxygen atoms in total. The Morgan fingerprint density at radius 2 is 2.00 bits per heavy atom. The Labute approximate surface area is 153 Å². The molecule has 0 bridgehead atoms. The van der Waals surface area contributed by atoms with Crippen molar-refractivity contribution in [2.24, 2.45) is 12.0 Å². The van der Waals surface area contributed by atoms with Crippen molar-refractivity contribution < 1.29 is 0 Å². The van der Waals surface area contributed by atoms with Crippen LogP contribution in [-0.4, -0.2) is 21.3 Å². The van der Waals surface area contributed by atoms with E-state index in [2.05, 4.69) is 78.4 Å². The molecule has 0 radical (unpaired) electrons. The van der Waals surface area contributed by atoms with Crippen LogP contribution in [0.5, 0.6) is 0 Å². The van der Waals surface area contributed by atoms with Crippen LogP contribution in [0.3, 0.4) is 0 Å². The highest BCUT2D eigenvalue weighted by Crippen LogP contribution is 2.26. The van der Waals surface area contributed by atoms with Gasteiger partial charge in [-0.2, -0.15) is 0 Å². The summed E-state index contributed by atoms with van der Waals surface area (Å²) in [5, 5.41) is 2.47. The van der Waals surface area contributed by atoms with Gasteiger partial charge in [-0.15, -0.1) is 0 Å². The van der Waals surface area contributed by atoms with Gasteiger partial charge in [0.1, 0.15) is 5.82 Å². The Kier molecular flexibility index (Phi) is 3.59. The summed E-state index contributed by atoms with van der Waals surface area (Å²) in [5.74, 6) is 1.12. The van der Waals surface area contributed by atoms with Crippen LogP contribution >= 0.6 is 0 Å². The van der Waals surface area contributed by atoms with Crippen LogP contribution in [0.25, 0.3) is 21.8 Å². The standard InChI is InChI=1S/C23H21N3/c1-26-21-14-11-16-6-2-4-8-19(16)23(21)25-22(26)15-13-18-12-10-17-7-3-5-9-20(17)24-18/h2-8,10-12,14,20H,9,13,15H2,1H3. The van der Waals surface area contributed by atoms with Crippen molar-refractivity contribution in [3.05, 3.63) is 78.2 Å². The second-order valence-corrected chi connectivity index (χ2v) is 7.04. The topological polar surface area (TPSA) is 30.2 Å². The van der Waals surface area contributed by atoms with Gasteiger partial charge in [0, 0.05) is 24.6 Å². The summed E-state index contributed by atoms with van der Waals surface area (Å²) >= 11 is 0. The van der Waals surface area contributed by atoms with Gasteiger partial charge in [-0.25, -0.2) is 4.98 Å². The minimum absolute atomic E-state index is 0.310. The predicted octanol–water partition coefficient (Wildman–Crippen LogP) is 4.92.